The Morgan fingerprint density at radius 2 is 2.17 bits per heavy atom. The number of thiazole rings is 1. The maximum absolute atomic E-state index is 9.94. The Morgan fingerprint density at radius 3 is 2.91 bits per heavy atom. The molecular formula is C17H29N3O2S. The molecule has 1 aromatic heterocycles. The third-order valence-electron chi connectivity index (χ3n) is 5.19. The molecule has 23 heavy (non-hydrogen) atoms. The van der Waals surface area contributed by atoms with Crippen molar-refractivity contribution in [3.05, 3.63) is 11.1 Å². The molecule has 0 aliphatic carbocycles. The van der Waals surface area contributed by atoms with Crippen LogP contribution in [0.4, 0.5) is 5.13 Å². The highest BCUT2D eigenvalue weighted by Gasteiger charge is 2.30. The van der Waals surface area contributed by atoms with Crippen molar-refractivity contribution in [2.75, 3.05) is 37.7 Å². The van der Waals surface area contributed by atoms with Crippen LogP contribution in [0.2, 0.25) is 0 Å². The Bertz CT molecular complexity index is 496. The van der Waals surface area contributed by atoms with Crippen molar-refractivity contribution in [1.29, 1.82) is 0 Å². The van der Waals surface area contributed by atoms with Gasteiger partial charge in [0.25, 0.3) is 0 Å². The van der Waals surface area contributed by atoms with Crippen LogP contribution < -0.4 is 4.90 Å². The second-order valence-corrected chi connectivity index (χ2v) is 7.79. The van der Waals surface area contributed by atoms with E-state index < -0.39 is 0 Å². The summed E-state index contributed by atoms with van der Waals surface area (Å²) in [5.41, 5.74) is 1.19. The van der Waals surface area contributed by atoms with Gasteiger partial charge in [-0.1, -0.05) is 6.92 Å². The second kappa shape index (κ2) is 7.92. The molecule has 2 N–H and O–H groups in total. The number of rotatable bonds is 5. The first-order valence-corrected chi connectivity index (χ1v) is 9.79. The van der Waals surface area contributed by atoms with Crippen molar-refractivity contribution < 1.29 is 10.2 Å². The van der Waals surface area contributed by atoms with Gasteiger partial charge in [-0.05, 0) is 38.0 Å². The van der Waals surface area contributed by atoms with Crippen LogP contribution in [-0.4, -0.2) is 65.0 Å². The van der Waals surface area contributed by atoms with E-state index in [0.29, 0.717) is 12.5 Å². The molecule has 0 saturated carbocycles. The summed E-state index contributed by atoms with van der Waals surface area (Å²) in [6.07, 6.45) is 4.91. The number of aryl methyl sites for hydroxylation is 1. The number of hydrogen-bond acceptors (Lipinski definition) is 6. The van der Waals surface area contributed by atoms with Crippen LogP contribution in [0.3, 0.4) is 0 Å². The van der Waals surface area contributed by atoms with Crippen molar-refractivity contribution in [2.45, 2.75) is 51.2 Å². The molecule has 6 heteroatoms. The number of aromatic nitrogens is 1. The smallest absolute Gasteiger partial charge is 0.185 e. The molecule has 0 radical (unpaired) electrons. The monoisotopic (exact) mass is 339 g/mol. The molecule has 5 nitrogen and oxygen atoms in total. The van der Waals surface area contributed by atoms with Crippen LogP contribution in [-0.2, 0) is 6.42 Å². The topological polar surface area (TPSA) is 59.8 Å². The summed E-state index contributed by atoms with van der Waals surface area (Å²) in [5, 5.41) is 22.9. The number of piperidine rings is 2. The highest BCUT2D eigenvalue weighted by Crippen LogP contribution is 2.28. The normalized spacial score (nSPS) is 29.9. The Balaban J connectivity index is 1.59. The largest absolute Gasteiger partial charge is 0.395 e. The maximum atomic E-state index is 9.94. The van der Waals surface area contributed by atoms with Gasteiger partial charge in [-0.15, -0.1) is 11.3 Å². The first kappa shape index (κ1) is 17.1. The van der Waals surface area contributed by atoms with Gasteiger partial charge < -0.3 is 15.1 Å². The molecule has 0 amide bonds. The summed E-state index contributed by atoms with van der Waals surface area (Å²) in [5.74, 6) is 0.595. The lowest BCUT2D eigenvalue weighted by molar-refractivity contribution is 0.00478. The van der Waals surface area contributed by atoms with E-state index in [2.05, 4.69) is 22.1 Å². The minimum atomic E-state index is -0.233. The number of β-amino-alcohol motifs (C(OH)–C–C–N with tert-alkyl or cyclic N) is 1. The number of aliphatic hydroxyl groups excluding tert-OH is 2. The highest BCUT2D eigenvalue weighted by molar-refractivity contribution is 7.13. The van der Waals surface area contributed by atoms with Crippen molar-refractivity contribution in [3.8, 4) is 0 Å². The molecule has 2 fully saturated rings. The molecule has 3 heterocycles. The van der Waals surface area contributed by atoms with Crippen LogP contribution in [0.25, 0.3) is 0 Å². The van der Waals surface area contributed by atoms with Crippen molar-refractivity contribution >= 4 is 16.5 Å². The SMILES string of the molecule is CCc1csc(N2CCC[C@H](CN3C[C@H](O)CC[C@@H]3CO)C2)n1. The summed E-state index contributed by atoms with van der Waals surface area (Å²) in [6, 6.07) is 0.223. The van der Waals surface area contributed by atoms with E-state index in [9.17, 15) is 10.2 Å². The number of likely N-dealkylation sites (tertiary alicyclic amines) is 1. The summed E-state index contributed by atoms with van der Waals surface area (Å²) in [7, 11) is 0. The van der Waals surface area contributed by atoms with Gasteiger partial charge in [0.2, 0.25) is 0 Å². The lowest BCUT2D eigenvalue weighted by atomic mass is 9.94. The summed E-state index contributed by atoms with van der Waals surface area (Å²) >= 11 is 1.76. The molecule has 3 rings (SSSR count). The average molecular weight is 340 g/mol. The molecule has 0 aromatic carbocycles. The first-order valence-electron chi connectivity index (χ1n) is 8.92. The molecule has 2 aliphatic heterocycles. The molecule has 2 saturated heterocycles. The summed E-state index contributed by atoms with van der Waals surface area (Å²) in [6.45, 7) is 6.18. The lowest BCUT2D eigenvalue weighted by Gasteiger charge is -2.41. The second-order valence-electron chi connectivity index (χ2n) is 6.95. The van der Waals surface area contributed by atoms with Crippen LogP contribution in [0.15, 0.2) is 5.38 Å². The fourth-order valence-corrected chi connectivity index (χ4v) is 4.78. The fourth-order valence-electron chi connectivity index (χ4n) is 3.83. The zero-order valence-corrected chi connectivity index (χ0v) is 14.8. The number of nitrogens with zero attached hydrogens (tertiary/aromatic N) is 3. The minimum Gasteiger partial charge on any atom is -0.395 e. The number of hydrogen-bond donors (Lipinski definition) is 2. The Morgan fingerprint density at radius 1 is 1.30 bits per heavy atom. The minimum absolute atomic E-state index is 0.204. The molecular weight excluding hydrogens is 310 g/mol. The van der Waals surface area contributed by atoms with E-state index in [1.54, 1.807) is 11.3 Å². The fraction of sp³-hybridized carbons (Fsp3) is 0.824. The van der Waals surface area contributed by atoms with Crippen LogP contribution in [0.1, 0.15) is 38.3 Å². The Kier molecular flexibility index (Phi) is 5.91. The Labute approximate surface area is 142 Å². The lowest BCUT2D eigenvalue weighted by Crippen LogP contribution is -2.51. The molecule has 0 bridgehead atoms. The quantitative estimate of drug-likeness (QED) is 0.856. The van der Waals surface area contributed by atoms with Gasteiger partial charge in [-0.25, -0.2) is 4.98 Å². The van der Waals surface area contributed by atoms with E-state index in [0.717, 1.165) is 44.0 Å². The van der Waals surface area contributed by atoms with Crippen molar-refractivity contribution in [3.63, 3.8) is 0 Å². The van der Waals surface area contributed by atoms with E-state index in [1.807, 2.05) is 0 Å². The van der Waals surface area contributed by atoms with Gasteiger partial charge in [0.15, 0.2) is 5.13 Å². The molecule has 130 valence electrons. The van der Waals surface area contributed by atoms with Gasteiger partial charge in [0.1, 0.15) is 0 Å². The van der Waals surface area contributed by atoms with Crippen LogP contribution in [0, 0.1) is 5.92 Å². The van der Waals surface area contributed by atoms with Crippen LogP contribution >= 0.6 is 11.3 Å². The van der Waals surface area contributed by atoms with E-state index in [4.69, 9.17) is 4.98 Å². The van der Waals surface area contributed by atoms with E-state index in [-0.39, 0.29) is 18.8 Å². The molecule has 0 unspecified atom stereocenters. The van der Waals surface area contributed by atoms with Gasteiger partial charge in [0, 0.05) is 37.6 Å². The summed E-state index contributed by atoms with van der Waals surface area (Å²) in [4.78, 5) is 9.46. The third kappa shape index (κ3) is 4.24. The zero-order chi connectivity index (χ0) is 16.2. The highest BCUT2D eigenvalue weighted by atomic mass is 32.1. The van der Waals surface area contributed by atoms with Gasteiger partial charge in [-0.3, -0.25) is 4.90 Å². The van der Waals surface area contributed by atoms with Crippen LogP contribution in [0.5, 0.6) is 0 Å². The first-order chi connectivity index (χ1) is 11.2. The maximum Gasteiger partial charge on any atom is 0.185 e. The molecule has 1 aromatic rings. The molecule has 0 spiro atoms. The third-order valence-corrected chi connectivity index (χ3v) is 6.14. The summed E-state index contributed by atoms with van der Waals surface area (Å²) < 4.78 is 0. The predicted molar refractivity (Wildman–Crippen MR) is 94.1 cm³/mol. The Hall–Kier alpha value is -0.690. The van der Waals surface area contributed by atoms with Gasteiger partial charge in [0.05, 0.1) is 18.4 Å². The van der Waals surface area contributed by atoms with Gasteiger partial charge in [-0.2, -0.15) is 0 Å². The number of aliphatic hydroxyl groups is 2. The van der Waals surface area contributed by atoms with Crippen molar-refractivity contribution in [1.82, 2.24) is 9.88 Å². The number of anilines is 1. The van der Waals surface area contributed by atoms with E-state index >= 15 is 0 Å². The molecule has 2 aliphatic rings. The zero-order valence-electron chi connectivity index (χ0n) is 14.0. The average Bonchev–Trinajstić information content (AvgIpc) is 3.04. The van der Waals surface area contributed by atoms with E-state index in [1.165, 1.54) is 18.5 Å². The van der Waals surface area contributed by atoms with Crippen molar-refractivity contribution in [2.24, 2.45) is 5.92 Å². The predicted octanol–water partition coefficient (Wildman–Crippen LogP) is 1.74. The van der Waals surface area contributed by atoms with Gasteiger partial charge >= 0.3 is 0 Å². The molecule has 3 atom stereocenters. The standard InChI is InChI=1S/C17H29N3O2S/c1-2-14-12-23-17(18-14)19-7-3-4-13(8-19)9-20-10-16(22)6-5-15(20)11-21/h12-13,15-16,21-22H,2-11H2,1H3/t13-,15+,16+/m0/s1.